The van der Waals surface area contributed by atoms with E-state index in [1.54, 1.807) is 42.5 Å². The quantitative estimate of drug-likeness (QED) is 0.454. The number of benzene rings is 3. The van der Waals surface area contributed by atoms with Gasteiger partial charge in [0.15, 0.2) is 5.92 Å². The smallest absolute Gasteiger partial charge is 0.330 e. The molecule has 0 aromatic heterocycles. The van der Waals surface area contributed by atoms with E-state index in [9.17, 15) is 14.7 Å². The molecule has 0 saturated heterocycles. The summed E-state index contributed by atoms with van der Waals surface area (Å²) in [4.78, 5) is 23.7. The fraction of sp³-hybridized carbons (Fsp3) is 0.0526. The van der Waals surface area contributed by atoms with Crippen molar-refractivity contribution in [2.75, 3.05) is 0 Å². The summed E-state index contributed by atoms with van der Waals surface area (Å²) in [7, 11) is 0. The van der Waals surface area contributed by atoms with E-state index in [-0.39, 0.29) is 0 Å². The van der Waals surface area contributed by atoms with E-state index in [0.717, 1.165) is 10.8 Å². The van der Waals surface area contributed by atoms with Crippen LogP contribution in [0.2, 0.25) is 0 Å². The van der Waals surface area contributed by atoms with Crippen LogP contribution in [0.4, 0.5) is 0 Å². The second-order valence-electron chi connectivity index (χ2n) is 5.11. The molecule has 23 heavy (non-hydrogen) atoms. The monoisotopic (exact) mass is 306 g/mol. The number of ether oxygens (including phenoxy) is 1. The van der Waals surface area contributed by atoms with Crippen molar-refractivity contribution in [2.24, 2.45) is 0 Å². The minimum Gasteiger partial charge on any atom is -0.480 e. The molecule has 0 heterocycles. The first-order chi connectivity index (χ1) is 11.1. The van der Waals surface area contributed by atoms with Gasteiger partial charge in [0, 0.05) is 0 Å². The van der Waals surface area contributed by atoms with Crippen LogP contribution in [-0.2, 0) is 9.59 Å². The standard InChI is InChI=1S/C19H14O4/c20-18(21)17(14-7-2-1-3-8-14)19(22)23-16-11-10-13-6-4-5-9-15(13)12-16/h1-12,17H,(H,20,21). The van der Waals surface area contributed by atoms with Gasteiger partial charge in [-0.25, -0.2) is 0 Å². The van der Waals surface area contributed by atoms with Crippen LogP contribution in [-0.4, -0.2) is 17.0 Å². The van der Waals surface area contributed by atoms with Gasteiger partial charge < -0.3 is 9.84 Å². The molecule has 0 aliphatic carbocycles. The minimum atomic E-state index is -1.34. The lowest BCUT2D eigenvalue weighted by atomic mass is 9.99. The zero-order chi connectivity index (χ0) is 16.2. The fourth-order valence-corrected chi connectivity index (χ4v) is 2.43. The number of rotatable bonds is 4. The number of aliphatic carboxylic acids is 1. The van der Waals surface area contributed by atoms with E-state index in [1.807, 2.05) is 30.3 Å². The Hall–Kier alpha value is -3.14. The molecule has 0 saturated carbocycles. The summed E-state index contributed by atoms with van der Waals surface area (Å²) in [5.74, 6) is -3.06. The molecular formula is C19H14O4. The molecule has 3 aromatic carbocycles. The molecule has 0 aliphatic rings. The van der Waals surface area contributed by atoms with Crippen molar-refractivity contribution < 1.29 is 19.4 Å². The molecule has 3 rings (SSSR count). The molecule has 114 valence electrons. The molecule has 0 spiro atoms. The second kappa shape index (κ2) is 6.32. The molecule has 0 fully saturated rings. The summed E-state index contributed by atoms with van der Waals surface area (Å²) in [6, 6.07) is 21.2. The molecule has 0 bridgehead atoms. The van der Waals surface area contributed by atoms with E-state index in [2.05, 4.69) is 0 Å². The van der Waals surface area contributed by atoms with Crippen LogP contribution in [0, 0.1) is 0 Å². The van der Waals surface area contributed by atoms with Gasteiger partial charge in [-0.05, 0) is 28.5 Å². The van der Waals surface area contributed by atoms with Crippen LogP contribution in [0.1, 0.15) is 11.5 Å². The summed E-state index contributed by atoms with van der Waals surface area (Å²) >= 11 is 0. The van der Waals surface area contributed by atoms with E-state index in [1.165, 1.54) is 0 Å². The van der Waals surface area contributed by atoms with Gasteiger partial charge >= 0.3 is 11.9 Å². The largest absolute Gasteiger partial charge is 0.480 e. The first-order valence-electron chi connectivity index (χ1n) is 7.13. The summed E-state index contributed by atoms with van der Waals surface area (Å²) in [5.41, 5.74) is 0.394. The lowest BCUT2D eigenvalue weighted by molar-refractivity contribution is -0.148. The van der Waals surface area contributed by atoms with Gasteiger partial charge in [0.1, 0.15) is 5.75 Å². The van der Waals surface area contributed by atoms with E-state index in [0.29, 0.717) is 11.3 Å². The number of fused-ring (bicyclic) bond motifs is 1. The molecule has 1 N–H and O–H groups in total. The molecule has 1 unspecified atom stereocenters. The zero-order valence-electron chi connectivity index (χ0n) is 12.2. The Morgan fingerprint density at radius 1 is 0.826 bits per heavy atom. The SMILES string of the molecule is O=C(O)C(C(=O)Oc1ccc2ccccc2c1)c1ccccc1. The molecule has 0 radical (unpaired) electrons. The molecule has 0 amide bonds. The predicted molar refractivity (Wildman–Crippen MR) is 86.4 cm³/mol. The third-order valence-corrected chi connectivity index (χ3v) is 3.55. The molecule has 1 atom stereocenters. The van der Waals surface area contributed by atoms with Crippen molar-refractivity contribution in [1.29, 1.82) is 0 Å². The number of carboxylic acid groups (broad SMARTS) is 1. The van der Waals surface area contributed by atoms with Gasteiger partial charge in [-0.2, -0.15) is 0 Å². The molecule has 3 aromatic rings. The average molecular weight is 306 g/mol. The summed E-state index contributed by atoms with van der Waals surface area (Å²) in [5, 5.41) is 11.3. The van der Waals surface area contributed by atoms with Gasteiger partial charge in [0.25, 0.3) is 0 Å². The van der Waals surface area contributed by atoms with Crippen molar-refractivity contribution in [3.63, 3.8) is 0 Å². The molecular weight excluding hydrogens is 292 g/mol. The maximum absolute atomic E-state index is 12.3. The van der Waals surface area contributed by atoms with Crippen molar-refractivity contribution in [3.05, 3.63) is 78.4 Å². The van der Waals surface area contributed by atoms with E-state index in [4.69, 9.17) is 4.74 Å². The predicted octanol–water partition coefficient (Wildman–Crippen LogP) is 3.61. The van der Waals surface area contributed by atoms with Gasteiger partial charge in [-0.3, -0.25) is 9.59 Å². The van der Waals surface area contributed by atoms with E-state index < -0.39 is 17.9 Å². The van der Waals surface area contributed by atoms with Crippen molar-refractivity contribution in [1.82, 2.24) is 0 Å². The van der Waals surface area contributed by atoms with Crippen molar-refractivity contribution in [2.45, 2.75) is 5.92 Å². The number of carbonyl (C=O) groups is 2. The second-order valence-corrected chi connectivity index (χ2v) is 5.11. The first kappa shape index (κ1) is 14.8. The van der Waals surface area contributed by atoms with Crippen LogP contribution < -0.4 is 4.74 Å². The number of hydrogen-bond donors (Lipinski definition) is 1. The maximum Gasteiger partial charge on any atom is 0.330 e. The van der Waals surface area contributed by atoms with Crippen molar-refractivity contribution >= 4 is 22.7 Å². The van der Waals surface area contributed by atoms with Crippen LogP contribution in [0.5, 0.6) is 5.75 Å². The summed E-state index contributed by atoms with van der Waals surface area (Å²) in [6.07, 6.45) is 0. The van der Waals surface area contributed by atoms with Crippen LogP contribution in [0.15, 0.2) is 72.8 Å². The van der Waals surface area contributed by atoms with Crippen LogP contribution in [0.3, 0.4) is 0 Å². The number of carboxylic acids is 1. The van der Waals surface area contributed by atoms with Crippen molar-refractivity contribution in [3.8, 4) is 5.75 Å². The Labute approximate surface area is 132 Å². The van der Waals surface area contributed by atoms with E-state index >= 15 is 0 Å². The Bertz CT molecular complexity index is 855. The van der Waals surface area contributed by atoms with Gasteiger partial charge in [0.05, 0.1) is 0 Å². The van der Waals surface area contributed by atoms with Gasteiger partial charge in [0.2, 0.25) is 0 Å². The first-order valence-corrected chi connectivity index (χ1v) is 7.13. The highest BCUT2D eigenvalue weighted by atomic mass is 16.5. The molecule has 0 aliphatic heterocycles. The van der Waals surface area contributed by atoms with Gasteiger partial charge in [-0.15, -0.1) is 0 Å². The Kier molecular flexibility index (Phi) is 4.06. The average Bonchev–Trinajstić information content (AvgIpc) is 2.55. The van der Waals surface area contributed by atoms with Crippen LogP contribution in [0.25, 0.3) is 10.8 Å². The van der Waals surface area contributed by atoms with Crippen LogP contribution >= 0.6 is 0 Å². The Balaban J connectivity index is 1.87. The minimum absolute atomic E-state index is 0.330. The van der Waals surface area contributed by atoms with Gasteiger partial charge in [-0.1, -0.05) is 60.7 Å². The lowest BCUT2D eigenvalue weighted by Gasteiger charge is -2.12. The normalized spacial score (nSPS) is 11.8. The lowest BCUT2D eigenvalue weighted by Crippen LogP contribution is -2.25. The Morgan fingerprint density at radius 2 is 1.48 bits per heavy atom. The number of carbonyl (C=O) groups excluding carboxylic acids is 1. The molecule has 4 nitrogen and oxygen atoms in total. The highest BCUT2D eigenvalue weighted by Crippen LogP contribution is 2.24. The maximum atomic E-state index is 12.3. The Morgan fingerprint density at radius 3 is 2.17 bits per heavy atom. The number of esters is 1. The topological polar surface area (TPSA) is 63.6 Å². The summed E-state index contributed by atoms with van der Waals surface area (Å²) in [6.45, 7) is 0. The zero-order valence-corrected chi connectivity index (χ0v) is 12.2. The fourth-order valence-electron chi connectivity index (χ4n) is 2.43. The highest BCUT2D eigenvalue weighted by molar-refractivity contribution is 6.01. The summed E-state index contributed by atoms with van der Waals surface area (Å²) < 4.78 is 5.28. The highest BCUT2D eigenvalue weighted by Gasteiger charge is 2.30. The third-order valence-electron chi connectivity index (χ3n) is 3.55. The molecule has 4 heteroatoms. The number of hydrogen-bond acceptors (Lipinski definition) is 3. The third kappa shape index (κ3) is 3.21.